The lowest BCUT2D eigenvalue weighted by Gasteiger charge is -2.41. The van der Waals surface area contributed by atoms with Gasteiger partial charge in [0, 0.05) is 42.9 Å². The van der Waals surface area contributed by atoms with Crippen LogP contribution in [0.25, 0.3) is 0 Å². The predicted octanol–water partition coefficient (Wildman–Crippen LogP) is 1.15. The van der Waals surface area contributed by atoms with E-state index >= 15 is 0 Å². The van der Waals surface area contributed by atoms with Gasteiger partial charge >= 0.3 is 5.97 Å². The lowest BCUT2D eigenvalue weighted by Crippen LogP contribution is -2.51. The number of hydrogen-bond acceptors (Lipinski definition) is 14. The van der Waals surface area contributed by atoms with Crippen molar-refractivity contribution in [3.63, 3.8) is 0 Å². The molecule has 0 amide bonds. The summed E-state index contributed by atoms with van der Waals surface area (Å²) in [6.07, 6.45) is -4.71. The van der Waals surface area contributed by atoms with Gasteiger partial charge in [0.2, 0.25) is 12.6 Å². The molecule has 2 aromatic rings. The Kier molecular flexibility index (Phi) is 7.83. The van der Waals surface area contributed by atoms with E-state index in [4.69, 9.17) is 18.9 Å². The van der Waals surface area contributed by atoms with Crippen molar-refractivity contribution in [2.75, 3.05) is 6.79 Å². The first-order chi connectivity index (χ1) is 20.3. The van der Waals surface area contributed by atoms with Crippen LogP contribution in [0, 0.1) is 0 Å². The quantitative estimate of drug-likeness (QED) is 0.111. The van der Waals surface area contributed by atoms with E-state index in [0.29, 0.717) is 0 Å². The van der Waals surface area contributed by atoms with Crippen LogP contribution in [0.3, 0.4) is 0 Å². The number of ether oxygens (including phenoxy) is 4. The highest BCUT2D eigenvalue weighted by Gasteiger charge is 2.49. The van der Waals surface area contributed by atoms with Crippen LogP contribution >= 0.6 is 0 Å². The molecule has 5 atom stereocenters. The first kappa shape index (κ1) is 30.3. The largest absolute Gasteiger partial charge is 0.507 e. The van der Waals surface area contributed by atoms with E-state index in [1.165, 1.54) is 25.1 Å². The minimum atomic E-state index is -2.10. The van der Waals surface area contributed by atoms with Crippen molar-refractivity contribution in [2.24, 2.45) is 0 Å². The fourth-order valence-corrected chi connectivity index (χ4v) is 5.76. The molecule has 1 aliphatic heterocycles. The molecule has 2 aliphatic carbocycles. The van der Waals surface area contributed by atoms with E-state index in [-0.39, 0.29) is 34.4 Å². The number of hydroxylamine groups is 1. The monoisotopic (exact) mass is 599 g/mol. The Morgan fingerprint density at radius 3 is 2.42 bits per heavy atom. The summed E-state index contributed by atoms with van der Waals surface area (Å²) in [6.45, 7) is 3.16. The summed E-state index contributed by atoms with van der Waals surface area (Å²) in [4.78, 5) is 63.5. The van der Waals surface area contributed by atoms with Crippen LogP contribution in [0.2, 0.25) is 0 Å². The molecule has 14 nitrogen and oxygen atoms in total. The summed E-state index contributed by atoms with van der Waals surface area (Å²) >= 11 is 0. The van der Waals surface area contributed by atoms with Crippen molar-refractivity contribution in [2.45, 2.75) is 70.2 Å². The minimum absolute atomic E-state index is 0.116. The number of carbonyl (C=O) groups is 5. The lowest BCUT2D eigenvalue weighted by molar-refractivity contribution is -0.226. The van der Waals surface area contributed by atoms with Gasteiger partial charge in [-0.05, 0) is 19.9 Å². The third-order valence-electron chi connectivity index (χ3n) is 7.99. The van der Waals surface area contributed by atoms with Crippen LogP contribution in [-0.2, 0) is 35.0 Å². The van der Waals surface area contributed by atoms with Crippen LogP contribution in [-0.4, -0.2) is 80.5 Å². The van der Waals surface area contributed by atoms with Gasteiger partial charge in [0.1, 0.15) is 29.0 Å². The minimum Gasteiger partial charge on any atom is -0.507 e. The van der Waals surface area contributed by atoms with Gasteiger partial charge in [-0.25, -0.2) is 0 Å². The SMILES string of the molecule is CC(=O)OCOc1cccc2c1C(=O)c1c(O)c3c(c(O)c1C2=O)C[C@@](O)(C(C)=O)C[C@@H]3OC1CC(NO)C(=O)C(C)O1. The van der Waals surface area contributed by atoms with Gasteiger partial charge in [-0.15, -0.1) is 0 Å². The molecular formula is C29H29NO13. The average molecular weight is 600 g/mol. The molecule has 3 unspecified atom stereocenters. The predicted molar refractivity (Wildman–Crippen MR) is 141 cm³/mol. The van der Waals surface area contributed by atoms with E-state index in [1.807, 2.05) is 5.48 Å². The molecule has 0 spiro atoms. The van der Waals surface area contributed by atoms with Gasteiger partial charge in [-0.3, -0.25) is 24.0 Å². The smallest absolute Gasteiger partial charge is 0.305 e. The van der Waals surface area contributed by atoms with E-state index < -0.39 is 102 Å². The van der Waals surface area contributed by atoms with E-state index in [0.717, 1.165) is 13.8 Å². The first-order valence-electron chi connectivity index (χ1n) is 13.4. The molecule has 5 rings (SSSR count). The number of rotatable bonds is 7. The molecule has 3 aliphatic rings. The summed E-state index contributed by atoms with van der Waals surface area (Å²) < 4.78 is 21.8. The molecular weight excluding hydrogens is 570 g/mol. The van der Waals surface area contributed by atoms with Gasteiger partial charge in [0.05, 0.1) is 28.8 Å². The zero-order valence-corrected chi connectivity index (χ0v) is 23.3. The zero-order valence-electron chi connectivity index (χ0n) is 23.3. The molecule has 5 N–H and O–H groups in total. The molecule has 0 saturated carbocycles. The number of aliphatic hydroxyl groups is 1. The summed E-state index contributed by atoms with van der Waals surface area (Å²) in [5, 5.41) is 43.7. The van der Waals surface area contributed by atoms with Gasteiger partial charge < -0.3 is 39.5 Å². The Balaban J connectivity index is 1.63. The Hall–Kier alpha value is -4.21. The maximum absolute atomic E-state index is 13.9. The van der Waals surface area contributed by atoms with Crippen LogP contribution in [0.15, 0.2) is 18.2 Å². The number of fused-ring (bicyclic) bond motifs is 3. The highest BCUT2D eigenvalue weighted by molar-refractivity contribution is 6.31. The highest BCUT2D eigenvalue weighted by Crippen LogP contribution is 2.52. The molecule has 43 heavy (non-hydrogen) atoms. The number of hydrogen-bond donors (Lipinski definition) is 5. The van der Waals surface area contributed by atoms with Gasteiger partial charge in [0.15, 0.2) is 23.6 Å². The molecule has 2 aromatic carbocycles. The topological polar surface area (TPSA) is 215 Å². The fraction of sp³-hybridized carbons (Fsp3) is 0.414. The van der Waals surface area contributed by atoms with Crippen molar-refractivity contribution < 1.29 is 63.4 Å². The lowest BCUT2D eigenvalue weighted by atomic mass is 9.72. The van der Waals surface area contributed by atoms with E-state index in [1.54, 1.807) is 0 Å². The fourth-order valence-electron chi connectivity index (χ4n) is 5.76. The molecule has 1 heterocycles. The molecule has 0 bridgehead atoms. The summed E-state index contributed by atoms with van der Waals surface area (Å²) in [5.41, 5.74) is -2.04. The van der Waals surface area contributed by atoms with Crippen molar-refractivity contribution in [1.29, 1.82) is 0 Å². The van der Waals surface area contributed by atoms with Crippen LogP contribution < -0.4 is 10.2 Å². The number of phenolic OH excluding ortho intramolecular Hbond substituents is 2. The van der Waals surface area contributed by atoms with E-state index in [9.17, 15) is 44.5 Å². The standard InChI is InChI=1S/C29H29NO13/c1-11-24(33)16(30-39)7-19(42-11)43-18-9-29(38,12(2)31)8-15-21(18)28(37)23-22(26(15)35)25(34)14-5-4-6-17(20(14)27(23)36)41-10-40-13(3)32/h4-6,11,16,18-19,30,35,37-39H,7-10H2,1-3H3/t11?,16?,18-,19?,29-/m0/s1. The number of Topliss-reactive ketones (excluding diaryl/α,β-unsaturated/α-hetero) is 2. The maximum Gasteiger partial charge on any atom is 0.305 e. The Morgan fingerprint density at radius 1 is 1.07 bits per heavy atom. The Bertz CT molecular complexity index is 1570. The number of aromatic hydroxyl groups is 2. The second kappa shape index (κ2) is 11.1. The van der Waals surface area contributed by atoms with E-state index in [2.05, 4.69) is 0 Å². The molecule has 0 aromatic heterocycles. The van der Waals surface area contributed by atoms with Crippen LogP contribution in [0.5, 0.6) is 17.2 Å². The van der Waals surface area contributed by atoms with Crippen molar-refractivity contribution in [1.82, 2.24) is 5.48 Å². The average Bonchev–Trinajstić information content (AvgIpc) is 2.94. The molecule has 14 heteroatoms. The van der Waals surface area contributed by atoms with Crippen molar-refractivity contribution >= 4 is 29.1 Å². The van der Waals surface area contributed by atoms with Gasteiger partial charge in [-0.2, -0.15) is 5.48 Å². The van der Waals surface area contributed by atoms with Crippen molar-refractivity contribution in [3.05, 3.63) is 51.6 Å². The number of carbonyl (C=O) groups excluding carboxylic acids is 5. The third kappa shape index (κ3) is 5.06. The number of nitrogens with one attached hydrogen (secondary N) is 1. The second-order valence-corrected chi connectivity index (χ2v) is 10.7. The maximum atomic E-state index is 13.9. The number of esters is 1. The third-order valence-corrected chi connectivity index (χ3v) is 7.99. The molecule has 1 saturated heterocycles. The van der Waals surface area contributed by atoms with Gasteiger partial charge in [-0.1, -0.05) is 12.1 Å². The molecule has 228 valence electrons. The number of phenols is 2. The summed E-state index contributed by atoms with van der Waals surface area (Å²) in [5.74, 6) is -5.08. The normalized spacial score (nSPS) is 26.3. The number of ketones is 4. The highest BCUT2D eigenvalue weighted by atomic mass is 16.7. The summed E-state index contributed by atoms with van der Waals surface area (Å²) in [7, 11) is 0. The van der Waals surface area contributed by atoms with Crippen LogP contribution in [0.4, 0.5) is 0 Å². The van der Waals surface area contributed by atoms with Crippen LogP contribution in [0.1, 0.15) is 82.7 Å². The zero-order chi connectivity index (χ0) is 31.4. The molecule has 1 fully saturated rings. The Morgan fingerprint density at radius 2 is 1.77 bits per heavy atom. The second-order valence-electron chi connectivity index (χ2n) is 10.7. The molecule has 0 radical (unpaired) electrons. The first-order valence-corrected chi connectivity index (χ1v) is 13.4. The number of benzene rings is 2. The van der Waals surface area contributed by atoms with Crippen molar-refractivity contribution in [3.8, 4) is 17.2 Å². The van der Waals surface area contributed by atoms with Gasteiger partial charge in [0.25, 0.3) is 0 Å². The summed E-state index contributed by atoms with van der Waals surface area (Å²) in [6, 6.07) is 3.03. The Labute approximate surface area is 244 Å².